The molecular weight excluding hydrogens is 336 g/mol. The summed E-state index contributed by atoms with van der Waals surface area (Å²) in [5, 5.41) is 10.7. The molecule has 2 heterocycles. The lowest BCUT2D eigenvalue weighted by Crippen LogP contribution is -2.29. The molecule has 2 N–H and O–H groups in total. The quantitative estimate of drug-likeness (QED) is 0.796. The number of carbonyl (C=O) groups is 1. The van der Waals surface area contributed by atoms with Crippen molar-refractivity contribution in [2.24, 2.45) is 5.92 Å². The monoisotopic (exact) mass is 362 g/mol. The van der Waals surface area contributed by atoms with Crippen LogP contribution < -0.4 is 10.6 Å². The maximum atomic E-state index is 12.1. The van der Waals surface area contributed by atoms with E-state index in [0.717, 1.165) is 31.6 Å². The van der Waals surface area contributed by atoms with Crippen molar-refractivity contribution in [1.82, 2.24) is 20.4 Å². The fourth-order valence-electron chi connectivity index (χ4n) is 3.24. The van der Waals surface area contributed by atoms with Gasteiger partial charge in [-0.2, -0.15) is 5.10 Å². The summed E-state index contributed by atoms with van der Waals surface area (Å²) < 4.78 is 1.90. The Morgan fingerprint density at radius 3 is 2.68 bits per heavy atom. The van der Waals surface area contributed by atoms with Gasteiger partial charge in [0.1, 0.15) is 0 Å². The first-order chi connectivity index (χ1) is 11.8. The normalized spacial score (nSPS) is 14.7. The highest BCUT2D eigenvalue weighted by molar-refractivity contribution is 5.85. The van der Waals surface area contributed by atoms with E-state index in [-0.39, 0.29) is 18.3 Å². The molecule has 2 aromatic rings. The number of nitrogens with one attached hydrogen (secondary N) is 2. The van der Waals surface area contributed by atoms with Crippen LogP contribution in [0.1, 0.15) is 36.8 Å². The van der Waals surface area contributed by atoms with E-state index < -0.39 is 0 Å². The number of benzene rings is 1. The fraction of sp³-hybridized carbons (Fsp3) is 0.474. The lowest BCUT2D eigenvalue weighted by Gasteiger charge is -2.22. The van der Waals surface area contributed by atoms with E-state index in [2.05, 4.69) is 27.9 Å². The van der Waals surface area contributed by atoms with E-state index >= 15 is 0 Å². The summed E-state index contributed by atoms with van der Waals surface area (Å²) >= 11 is 0. The molecule has 0 radical (unpaired) electrons. The largest absolute Gasteiger partial charge is 0.352 e. The molecule has 0 unspecified atom stereocenters. The summed E-state index contributed by atoms with van der Waals surface area (Å²) in [5.41, 5.74) is 2.35. The van der Waals surface area contributed by atoms with Crippen molar-refractivity contribution in [3.05, 3.63) is 53.9 Å². The third-order valence-electron chi connectivity index (χ3n) is 4.72. The number of halogens is 1. The molecule has 25 heavy (non-hydrogen) atoms. The highest BCUT2D eigenvalue weighted by Gasteiger charge is 2.14. The van der Waals surface area contributed by atoms with Crippen molar-refractivity contribution in [2.45, 2.75) is 38.8 Å². The van der Waals surface area contributed by atoms with Crippen molar-refractivity contribution in [3.8, 4) is 0 Å². The fourth-order valence-corrected chi connectivity index (χ4v) is 3.24. The third-order valence-corrected chi connectivity index (χ3v) is 4.72. The Bertz CT molecular complexity index is 639. The van der Waals surface area contributed by atoms with Crippen molar-refractivity contribution in [3.63, 3.8) is 0 Å². The number of amides is 1. The maximum Gasteiger partial charge on any atom is 0.220 e. The number of nitrogens with zero attached hydrogens (tertiary/aromatic N) is 2. The van der Waals surface area contributed by atoms with E-state index in [1.54, 1.807) is 6.20 Å². The molecule has 1 aliphatic rings. The number of carbonyl (C=O) groups excluding carboxylic acids is 1. The van der Waals surface area contributed by atoms with E-state index in [4.69, 9.17) is 0 Å². The van der Waals surface area contributed by atoms with Gasteiger partial charge >= 0.3 is 0 Å². The Morgan fingerprint density at radius 2 is 1.96 bits per heavy atom. The van der Waals surface area contributed by atoms with Gasteiger partial charge in [-0.15, -0.1) is 12.4 Å². The van der Waals surface area contributed by atoms with Crippen molar-refractivity contribution < 1.29 is 4.79 Å². The zero-order valence-electron chi connectivity index (χ0n) is 14.5. The van der Waals surface area contributed by atoms with Crippen LogP contribution in [0.3, 0.4) is 0 Å². The van der Waals surface area contributed by atoms with Gasteiger partial charge in [-0.1, -0.05) is 24.3 Å². The molecule has 1 fully saturated rings. The molecule has 3 rings (SSSR count). The molecule has 0 aliphatic carbocycles. The van der Waals surface area contributed by atoms with Crippen LogP contribution in [0.2, 0.25) is 0 Å². The van der Waals surface area contributed by atoms with Gasteiger partial charge in [0.05, 0.1) is 6.54 Å². The number of piperidine rings is 1. The zero-order chi connectivity index (χ0) is 16.6. The minimum atomic E-state index is 0. The Hall–Kier alpha value is -1.85. The second kappa shape index (κ2) is 10.2. The summed E-state index contributed by atoms with van der Waals surface area (Å²) in [6.07, 6.45) is 7.76. The summed E-state index contributed by atoms with van der Waals surface area (Å²) in [4.78, 5) is 12.1. The number of hydrogen-bond donors (Lipinski definition) is 2. The van der Waals surface area contributed by atoms with E-state index in [0.29, 0.717) is 18.9 Å². The lowest BCUT2D eigenvalue weighted by molar-refractivity contribution is -0.121. The first kappa shape index (κ1) is 19.5. The molecule has 1 aromatic carbocycles. The van der Waals surface area contributed by atoms with Gasteiger partial charge in [0.25, 0.3) is 0 Å². The second-order valence-corrected chi connectivity index (χ2v) is 6.48. The van der Waals surface area contributed by atoms with Gasteiger partial charge in [-0.25, -0.2) is 0 Å². The SMILES string of the molecule is Cl.O=C(CCC1CCNCC1)NCc1ccccc1Cn1cccn1. The molecule has 0 bridgehead atoms. The highest BCUT2D eigenvalue weighted by atomic mass is 35.5. The topological polar surface area (TPSA) is 59.0 Å². The van der Waals surface area contributed by atoms with E-state index in [9.17, 15) is 4.79 Å². The molecule has 1 amide bonds. The van der Waals surface area contributed by atoms with Gasteiger partial charge in [0, 0.05) is 25.4 Å². The van der Waals surface area contributed by atoms with Crippen LogP contribution >= 0.6 is 12.4 Å². The Kier molecular flexibility index (Phi) is 7.95. The van der Waals surface area contributed by atoms with Crippen LogP contribution in [-0.4, -0.2) is 28.8 Å². The predicted octanol–water partition coefficient (Wildman–Crippen LogP) is 2.75. The van der Waals surface area contributed by atoms with Gasteiger partial charge < -0.3 is 10.6 Å². The van der Waals surface area contributed by atoms with Crippen LogP contribution in [0, 0.1) is 5.92 Å². The average Bonchev–Trinajstić information content (AvgIpc) is 3.13. The van der Waals surface area contributed by atoms with Crippen LogP contribution in [0.4, 0.5) is 0 Å². The first-order valence-corrected chi connectivity index (χ1v) is 8.83. The average molecular weight is 363 g/mol. The van der Waals surface area contributed by atoms with Gasteiger partial charge in [-0.3, -0.25) is 9.48 Å². The molecule has 0 spiro atoms. The molecule has 1 aliphatic heterocycles. The number of rotatable bonds is 7. The first-order valence-electron chi connectivity index (χ1n) is 8.83. The minimum absolute atomic E-state index is 0. The standard InChI is InChI=1S/C19H26N4O.ClH/c24-19(7-6-16-8-11-20-12-9-16)21-14-17-4-1-2-5-18(17)15-23-13-3-10-22-23;/h1-5,10,13,16,20H,6-9,11-12,14-15H2,(H,21,24);1H. The Morgan fingerprint density at radius 1 is 1.20 bits per heavy atom. The van der Waals surface area contributed by atoms with Crippen LogP contribution in [0.5, 0.6) is 0 Å². The lowest BCUT2D eigenvalue weighted by atomic mass is 9.93. The van der Waals surface area contributed by atoms with Crippen LogP contribution in [-0.2, 0) is 17.9 Å². The van der Waals surface area contributed by atoms with Crippen molar-refractivity contribution >= 4 is 18.3 Å². The second-order valence-electron chi connectivity index (χ2n) is 6.48. The summed E-state index contributed by atoms with van der Waals surface area (Å²) in [6.45, 7) is 3.50. The molecule has 136 valence electrons. The maximum absolute atomic E-state index is 12.1. The molecule has 5 nitrogen and oxygen atoms in total. The van der Waals surface area contributed by atoms with Crippen LogP contribution in [0.15, 0.2) is 42.7 Å². The zero-order valence-corrected chi connectivity index (χ0v) is 15.3. The molecule has 1 saturated heterocycles. The summed E-state index contributed by atoms with van der Waals surface area (Å²) in [6, 6.07) is 10.1. The molecule has 0 atom stereocenters. The Labute approximate surface area is 155 Å². The third kappa shape index (κ3) is 6.18. The van der Waals surface area contributed by atoms with Gasteiger partial charge in [0.2, 0.25) is 5.91 Å². The smallest absolute Gasteiger partial charge is 0.220 e. The summed E-state index contributed by atoms with van der Waals surface area (Å²) in [5.74, 6) is 0.853. The number of aromatic nitrogens is 2. The molecule has 6 heteroatoms. The minimum Gasteiger partial charge on any atom is -0.352 e. The predicted molar refractivity (Wildman–Crippen MR) is 102 cm³/mol. The van der Waals surface area contributed by atoms with Crippen LogP contribution in [0.25, 0.3) is 0 Å². The Balaban J connectivity index is 0.00000225. The molecule has 1 aromatic heterocycles. The molecule has 0 saturated carbocycles. The molecular formula is C19H27ClN4O. The number of hydrogen-bond acceptors (Lipinski definition) is 3. The van der Waals surface area contributed by atoms with Gasteiger partial charge in [-0.05, 0) is 55.5 Å². The van der Waals surface area contributed by atoms with Gasteiger partial charge in [0.15, 0.2) is 0 Å². The van der Waals surface area contributed by atoms with E-state index in [1.165, 1.54) is 18.4 Å². The highest BCUT2D eigenvalue weighted by Crippen LogP contribution is 2.17. The van der Waals surface area contributed by atoms with E-state index in [1.807, 2.05) is 29.1 Å². The van der Waals surface area contributed by atoms with Crippen molar-refractivity contribution in [1.29, 1.82) is 0 Å². The van der Waals surface area contributed by atoms with Crippen molar-refractivity contribution in [2.75, 3.05) is 13.1 Å². The summed E-state index contributed by atoms with van der Waals surface area (Å²) in [7, 11) is 0.